The number of methoxy groups -OCH3 is 1. The summed E-state index contributed by atoms with van der Waals surface area (Å²) in [6.45, 7) is 5.64. The van der Waals surface area contributed by atoms with E-state index in [1.165, 1.54) is 6.07 Å². The molecule has 0 saturated carbocycles. The van der Waals surface area contributed by atoms with Crippen molar-refractivity contribution in [2.45, 2.75) is 37.7 Å². The lowest BCUT2D eigenvalue weighted by Crippen LogP contribution is -3.00. The first-order valence-electron chi connectivity index (χ1n) is 12.0. The Balaban J connectivity index is 0.00000304. The minimum atomic E-state index is -4.42. The van der Waals surface area contributed by atoms with Crippen molar-refractivity contribution in [1.82, 2.24) is 4.98 Å². The summed E-state index contributed by atoms with van der Waals surface area (Å²) in [5, 5.41) is 12.6. The molecule has 5 atom stereocenters. The van der Waals surface area contributed by atoms with Crippen LogP contribution in [0.2, 0.25) is 0 Å². The lowest BCUT2D eigenvalue weighted by Gasteiger charge is -2.58. The van der Waals surface area contributed by atoms with E-state index in [4.69, 9.17) is 4.74 Å². The molecule has 0 spiro atoms. The first kappa shape index (κ1) is 26.6. The van der Waals surface area contributed by atoms with Crippen molar-refractivity contribution in [3.63, 3.8) is 0 Å². The Bertz CT molecular complexity index is 1250. The summed E-state index contributed by atoms with van der Waals surface area (Å²) in [7, 11) is 1.59. The molecule has 4 heterocycles. The van der Waals surface area contributed by atoms with Gasteiger partial charge in [-0.1, -0.05) is 24.3 Å². The number of pyridine rings is 1. The Kier molecular flexibility index (Phi) is 7.51. The van der Waals surface area contributed by atoms with Gasteiger partial charge in [0.1, 0.15) is 24.4 Å². The maximum absolute atomic E-state index is 13.9. The van der Waals surface area contributed by atoms with E-state index in [2.05, 4.69) is 11.6 Å². The molecule has 3 aromatic rings. The molecule has 1 aromatic heterocycles. The van der Waals surface area contributed by atoms with Crippen LogP contribution in [-0.2, 0) is 12.7 Å². The molecule has 36 heavy (non-hydrogen) atoms. The minimum absolute atomic E-state index is 0. The van der Waals surface area contributed by atoms with Crippen LogP contribution in [0.1, 0.15) is 35.6 Å². The van der Waals surface area contributed by atoms with Gasteiger partial charge in [-0.05, 0) is 41.8 Å². The van der Waals surface area contributed by atoms with Crippen molar-refractivity contribution < 1.29 is 44.5 Å². The Morgan fingerprint density at radius 2 is 2.00 bits per heavy atom. The van der Waals surface area contributed by atoms with Crippen LogP contribution in [0.5, 0.6) is 5.75 Å². The molecular weight excluding hydrogens is 533 g/mol. The van der Waals surface area contributed by atoms with Gasteiger partial charge in [-0.3, -0.25) is 4.98 Å². The van der Waals surface area contributed by atoms with Crippen molar-refractivity contribution in [2.75, 3.05) is 20.2 Å². The largest absolute Gasteiger partial charge is 1.00 e. The quantitative estimate of drug-likeness (QED) is 0.371. The number of rotatable bonds is 6. The van der Waals surface area contributed by atoms with E-state index in [1.807, 2.05) is 30.3 Å². The van der Waals surface area contributed by atoms with Gasteiger partial charge in [0, 0.05) is 35.9 Å². The number of nitrogens with zero attached hydrogens (tertiary/aromatic N) is 2. The number of alkyl halides is 3. The standard InChI is InChI=1S/C28H30F3N2O2.BrH/c1-3-18-16-33(17-20-6-4-5-7-24(20)28(29,30)31)13-11-19(18)14-26(33)27(34)22-10-12-32-25-9-8-21(35-2)15-23(22)25;/h3-10,12,15,18-19,26-27,34H,1,11,13-14,16-17H2,2H3;1H/q+1;/p-1/t18-,19-,26+,27+,33?;/m0./s1. The Labute approximate surface area is 219 Å². The summed E-state index contributed by atoms with van der Waals surface area (Å²) in [6.07, 6.45) is 0.00629. The van der Waals surface area contributed by atoms with Crippen molar-refractivity contribution in [3.8, 4) is 5.75 Å². The van der Waals surface area contributed by atoms with Crippen molar-refractivity contribution >= 4 is 10.9 Å². The molecule has 1 unspecified atom stereocenters. The van der Waals surface area contributed by atoms with Crippen LogP contribution in [0.3, 0.4) is 0 Å². The third-order valence-corrected chi connectivity index (χ3v) is 8.15. The summed E-state index contributed by atoms with van der Waals surface area (Å²) in [6, 6.07) is 13.0. The lowest BCUT2D eigenvalue weighted by molar-refractivity contribution is -0.985. The maximum atomic E-state index is 13.9. The number of ether oxygens (including phenoxy) is 1. The SMILES string of the molecule is C=C[C@H]1C[N+]2(Cc3ccccc3C(F)(F)F)CC[C@H]1C[C@@H]2[C@H](O)c1ccnc2ccc(OC)cc12.[Br-]. The van der Waals surface area contributed by atoms with Gasteiger partial charge < -0.3 is 31.3 Å². The number of halogens is 4. The van der Waals surface area contributed by atoms with Crippen LogP contribution in [0, 0.1) is 11.8 Å². The number of aromatic nitrogens is 1. The van der Waals surface area contributed by atoms with Gasteiger partial charge in [-0.2, -0.15) is 13.2 Å². The minimum Gasteiger partial charge on any atom is -1.00 e. The van der Waals surface area contributed by atoms with Gasteiger partial charge in [-0.25, -0.2) is 0 Å². The second-order valence-corrected chi connectivity index (χ2v) is 9.92. The van der Waals surface area contributed by atoms with Crippen LogP contribution in [0.15, 0.2) is 67.4 Å². The number of hydrogen-bond donors (Lipinski definition) is 1. The molecule has 3 fully saturated rings. The van der Waals surface area contributed by atoms with E-state index in [0.717, 1.165) is 41.9 Å². The molecule has 3 aliphatic heterocycles. The van der Waals surface area contributed by atoms with Gasteiger partial charge in [0.2, 0.25) is 0 Å². The number of quaternary nitrogens is 1. The van der Waals surface area contributed by atoms with E-state index in [-0.39, 0.29) is 41.0 Å². The highest BCUT2D eigenvalue weighted by Gasteiger charge is 2.54. The van der Waals surface area contributed by atoms with E-state index in [0.29, 0.717) is 22.7 Å². The van der Waals surface area contributed by atoms with Crippen LogP contribution in [0.25, 0.3) is 10.9 Å². The number of aliphatic hydroxyl groups is 1. The molecule has 6 rings (SSSR count). The van der Waals surface area contributed by atoms with Crippen molar-refractivity contribution in [3.05, 3.63) is 84.1 Å². The molecule has 8 heteroatoms. The number of hydrogen-bond acceptors (Lipinski definition) is 3. The fraction of sp³-hybridized carbons (Fsp3) is 0.393. The third kappa shape index (κ3) is 4.66. The average Bonchev–Trinajstić information content (AvgIpc) is 2.87. The normalized spacial score (nSPS) is 26.3. The van der Waals surface area contributed by atoms with Gasteiger partial charge >= 0.3 is 6.18 Å². The first-order valence-corrected chi connectivity index (χ1v) is 12.0. The lowest BCUT2D eigenvalue weighted by atomic mass is 9.71. The number of fused-ring (bicyclic) bond motifs is 4. The van der Waals surface area contributed by atoms with E-state index in [1.54, 1.807) is 25.4 Å². The summed E-state index contributed by atoms with van der Waals surface area (Å²) in [5.41, 5.74) is 1.17. The molecule has 0 radical (unpaired) electrons. The molecule has 4 nitrogen and oxygen atoms in total. The van der Waals surface area contributed by atoms with Gasteiger partial charge in [0.05, 0.1) is 31.3 Å². The highest BCUT2D eigenvalue weighted by atomic mass is 79.9. The van der Waals surface area contributed by atoms with E-state index in [9.17, 15) is 18.3 Å². The monoisotopic (exact) mass is 562 g/mol. The average molecular weight is 563 g/mol. The predicted octanol–water partition coefficient (Wildman–Crippen LogP) is 2.91. The fourth-order valence-electron chi connectivity index (χ4n) is 6.39. The highest BCUT2D eigenvalue weighted by molar-refractivity contribution is 5.83. The Morgan fingerprint density at radius 1 is 1.22 bits per heavy atom. The molecule has 0 amide bonds. The number of benzene rings is 2. The zero-order chi connectivity index (χ0) is 24.8. The second kappa shape index (κ2) is 10.1. The second-order valence-electron chi connectivity index (χ2n) is 9.92. The third-order valence-electron chi connectivity index (χ3n) is 8.15. The summed E-state index contributed by atoms with van der Waals surface area (Å²) < 4.78 is 47.4. The zero-order valence-corrected chi connectivity index (χ0v) is 21.7. The topological polar surface area (TPSA) is 42.4 Å². The smallest absolute Gasteiger partial charge is 0.416 e. The summed E-state index contributed by atoms with van der Waals surface area (Å²) in [4.78, 5) is 4.43. The maximum Gasteiger partial charge on any atom is 0.416 e. The van der Waals surface area contributed by atoms with Gasteiger partial charge in [-0.15, -0.1) is 6.58 Å². The van der Waals surface area contributed by atoms with E-state index < -0.39 is 17.8 Å². The number of piperidine rings is 3. The predicted molar refractivity (Wildman–Crippen MR) is 129 cm³/mol. The molecule has 2 bridgehead atoms. The molecule has 192 valence electrons. The van der Waals surface area contributed by atoms with Crippen LogP contribution in [-0.4, -0.2) is 40.8 Å². The van der Waals surface area contributed by atoms with Crippen molar-refractivity contribution in [2.24, 2.45) is 11.8 Å². The Morgan fingerprint density at radius 3 is 2.72 bits per heavy atom. The molecule has 2 aromatic carbocycles. The fourth-order valence-corrected chi connectivity index (χ4v) is 6.39. The first-order chi connectivity index (χ1) is 16.8. The molecule has 3 saturated heterocycles. The molecule has 0 aliphatic carbocycles. The molecule has 3 aliphatic rings. The van der Waals surface area contributed by atoms with Crippen molar-refractivity contribution in [1.29, 1.82) is 0 Å². The Hall–Kier alpha value is -2.42. The van der Waals surface area contributed by atoms with Crippen LogP contribution >= 0.6 is 0 Å². The van der Waals surface area contributed by atoms with Crippen LogP contribution < -0.4 is 21.7 Å². The van der Waals surface area contributed by atoms with E-state index >= 15 is 0 Å². The van der Waals surface area contributed by atoms with Crippen LogP contribution in [0.4, 0.5) is 13.2 Å². The molecular formula is C28H30BrF3N2O2. The van der Waals surface area contributed by atoms with Gasteiger partial charge in [0.15, 0.2) is 0 Å². The summed E-state index contributed by atoms with van der Waals surface area (Å²) in [5.74, 6) is 1.26. The van der Waals surface area contributed by atoms with Gasteiger partial charge in [0.25, 0.3) is 0 Å². The summed E-state index contributed by atoms with van der Waals surface area (Å²) >= 11 is 0. The highest BCUT2D eigenvalue weighted by Crippen LogP contribution is 2.49. The zero-order valence-electron chi connectivity index (χ0n) is 20.1. The molecule has 1 N–H and O–H groups in total. The number of aliphatic hydroxyl groups excluding tert-OH is 1.